The summed E-state index contributed by atoms with van der Waals surface area (Å²) in [4.78, 5) is 5.34. The minimum absolute atomic E-state index is 0.0219. The Labute approximate surface area is 86.8 Å². The Morgan fingerprint density at radius 3 is 2.64 bits per heavy atom. The molecule has 0 fully saturated rings. The van der Waals surface area contributed by atoms with Gasteiger partial charge in [-0.3, -0.25) is 0 Å². The molecule has 4 nitrogen and oxygen atoms in total. The van der Waals surface area contributed by atoms with E-state index >= 15 is 0 Å². The molecule has 1 unspecified atom stereocenters. The maximum absolute atomic E-state index is 5.74. The predicted molar refractivity (Wildman–Crippen MR) is 57.6 cm³/mol. The Morgan fingerprint density at radius 1 is 1.43 bits per heavy atom. The summed E-state index contributed by atoms with van der Waals surface area (Å²) in [6, 6.07) is -0.0219. The van der Waals surface area contributed by atoms with E-state index in [2.05, 4.69) is 23.9 Å². The Morgan fingerprint density at radius 2 is 2.14 bits per heavy atom. The van der Waals surface area contributed by atoms with E-state index in [0.717, 1.165) is 15.7 Å². The van der Waals surface area contributed by atoms with Gasteiger partial charge in [-0.25, -0.2) is 9.50 Å². The average Bonchev–Trinajstić information content (AvgIpc) is 2.57. The summed E-state index contributed by atoms with van der Waals surface area (Å²) >= 11 is 1.63. The third-order valence-electron chi connectivity index (χ3n) is 2.04. The van der Waals surface area contributed by atoms with E-state index in [1.165, 1.54) is 0 Å². The van der Waals surface area contributed by atoms with Crippen molar-refractivity contribution in [1.29, 1.82) is 0 Å². The standard InChI is InChI=1S/C9H14N4S/c1-5(2)8-12-13-4-7(6(3)10)11-9(13)14-8/h4-6H,10H2,1-3H3. The van der Waals surface area contributed by atoms with Crippen LogP contribution in [0.4, 0.5) is 0 Å². The molecule has 0 aliphatic heterocycles. The van der Waals surface area contributed by atoms with E-state index in [4.69, 9.17) is 5.73 Å². The molecule has 0 radical (unpaired) electrons. The number of nitrogens with zero attached hydrogens (tertiary/aromatic N) is 3. The van der Waals surface area contributed by atoms with Crippen LogP contribution in [-0.2, 0) is 0 Å². The van der Waals surface area contributed by atoms with Crippen LogP contribution in [0.15, 0.2) is 6.20 Å². The van der Waals surface area contributed by atoms with E-state index < -0.39 is 0 Å². The van der Waals surface area contributed by atoms with E-state index in [1.54, 1.807) is 11.3 Å². The molecule has 0 aromatic carbocycles. The van der Waals surface area contributed by atoms with E-state index in [1.807, 2.05) is 17.6 Å². The summed E-state index contributed by atoms with van der Waals surface area (Å²) in [6.07, 6.45) is 1.91. The summed E-state index contributed by atoms with van der Waals surface area (Å²) in [5.74, 6) is 0.459. The molecule has 76 valence electrons. The van der Waals surface area contributed by atoms with Gasteiger partial charge >= 0.3 is 0 Å². The second-order valence-electron chi connectivity index (χ2n) is 3.78. The average molecular weight is 210 g/mol. The van der Waals surface area contributed by atoms with Crippen molar-refractivity contribution >= 4 is 16.3 Å². The maximum atomic E-state index is 5.74. The topological polar surface area (TPSA) is 56.2 Å². The fourth-order valence-electron chi connectivity index (χ4n) is 1.19. The molecule has 2 rings (SSSR count). The van der Waals surface area contributed by atoms with Gasteiger partial charge in [0.25, 0.3) is 0 Å². The third-order valence-corrected chi connectivity index (χ3v) is 3.26. The van der Waals surface area contributed by atoms with Gasteiger partial charge in [-0.15, -0.1) is 0 Å². The number of hydrogen-bond acceptors (Lipinski definition) is 4. The van der Waals surface area contributed by atoms with Gasteiger partial charge in [-0.2, -0.15) is 5.10 Å². The first kappa shape index (κ1) is 9.61. The zero-order chi connectivity index (χ0) is 10.3. The molecule has 14 heavy (non-hydrogen) atoms. The molecule has 1 atom stereocenters. The predicted octanol–water partition coefficient (Wildman–Crippen LogP) is 1.93. The Bertz CT molecular complexity index is 372. The molecule has 2 heterocycles. The van der Waals surface area contributed by atoms with Gasteiger partial charge < -0.3 is 5.73 Å². The molecule has 2 aromatic heterocycles. The first-order chi connectivity index (χ1) is 6.58. The van der Waals surface area contributed by atoms with Crippen molar-refractivity contribution in [3.8, 4) is 0 Å². The molecule has 0 saturated carbocycles. The largest absolute Gasteiger partial charge is 0.323 e. The number of hydrogen-bond donors (Lipinski definition) is 1. The molecule has 0 bridgehead atoms. The van der Waals surface area contributed by atoms with Crippen LogP contribution in [0, 0.1) is 0 Å². The van der Waals surface area contributed by atoms with Crippen molar-refractivity contribution in [2.75, 3.05) is 0 Å². The van der Waals surface area contributed by atoms with Crippen LogP contribution in [0.3, 0.4) is 0 Å². The lowest BCUT2D eigenvalue weighted by Gasteiger charge is -1.97. The van der Waals surface area contributed by atoms with Crippen molar-refractivity contribution < 1.29 is 0 Å². The van der Waals surface area contributed by atoms with E-state index in [9.17, 15) is 0 Å². The fraction of sp³-hybridized carbons (Fsp3) is 0.556. The minimum atomic E-state index is -0.0219. The summed E-state index contributed by atoms with van der Waals surface area (Å²) in [7, 11) is 0. The van der Waals surface area contributed by atoms with Crippen molar-refractivity contribution in [3.63, 3.8) is 0 Å². The van der Waals surface area contributed by atoms with Crippen molar-refractivity contribution in [1.82, 2.24) is 14.6 Å². The minimum Gasteiger partial charge on any atom is -0.323 e. The van der Waals surface area contributed by atoms with Crippen molar-refractivity contribution in [3.05, 3.63) is 16.9 Å². The van der Waals surface area contributed by atoms with E-state index in [0.29, 0.717) is 5.92 Å². The third kappa shape index (κ3) is 1.53. The second-order valence-corrected chi connectivity index (χ2v) is 4.76. The van der Waals surface area contributed by atoms with E-state index in [-0.39, 0.29) is 6.04 Å². The van der Waals surface area contributed by atoms with Gasteiger partial charge in [0.2, 0.25) is 4.96 Å². The lowest BCUT2D eigenvalue weighted by atomic mass is 10.2. The lowest BCUT2D eigenvalue weighted by Crippen LogP contribution is -2.04. The van der Waals surface area contributed by atoms with Crippen molar-refractivity contribution in [2.45, 2.75) is 32.7 Å². The van der Waals surface area contributed by atoms with Crippen LogP contribution in [0.1, 0.15) is 43.4 Å². The second kappa shape index (κ2) is 3.33. The maximum Gasteiger partial charge on any atom is 0.212 e. The number of imidazole rings is 1. The molecule has 0 saturated heterocycles. The Balaban J connectivity index is 2.45. The number of rotatable bonds is 2. The van der Waals surface area contributed by atoms with Gasteiger partial charge in [0.15, 0.2) is 0 Å². The molecule has 2 aromatic rings. The quantitative estimate of drug-likeness (QED) is 0.824. The molecule has 0 aliphatic carbocycles. The molecular weight excluding hydrogens is 196 g/mol. The summed E-state index contributed by atoms with van der Waals surface area (Å²) < 4.78 is 1.82. The molecule has 5 heteroatoms. The smallest absolute Gasteiger partial charge is 0.212 e. The van der Waals surface area contributed by atoms with Gasteiger partial charge in [-0.1, -0.05) is 25.2 Å². The molecule has 0 spiro atoms. The highest BCUT2D eigenvalue weighted by molar-refractivity contribution is 7.16. The van der Waals surface area contributed by atoms with Crippen LogP contribution in [-0.4, -0.2) is 14.6 Å². The van der Waals surface area contributed by atoms with Gasteiger partial charge in [-0.05, 0) is 6.92 Å². The highest BCUT2D eigenvalue weighted by atomic mass is 32.1. The summed E-state index contributed by atoms with van der Waals surface area (Å²) in [6.45, 7) is 6.19. The molecule has 0 amide bonds. The highest BCUT2D eigenvalue weighted by Gasteiger charge is 2.11. The van der Waals surface area contributed by atoms with Gasteiger partial charge in [0.05, 0.1) is 11.9 Å². The molecule has 0 aliphatic rings. The normalized spacial score (nSPS) is 14.1. The summed E-state index contributed by atoms with van der Waals surface area (Å²) in [5.41, 5.74) is 6.64. The van der Waals surface area contributed by atoms with Crippen LogP contribution >= 0.6 is 11.3 Å². The zero-order valence-corrected chi connectivity index (χ0v) is 9.38. The highest BCUT2D eigenvalue weighted by Crippen LogP contribution is 2.22. The van der Waals surface area contributed by atoms with Crippen LogP contribution in [0.2, 0.25) is 0 Å². The zero-order valence-electron chi connectivity index (χ0n) is 8.56. The number of aromatic nitrogens is 3. The fourth-order valence-corrected chi connectivity index (χ4v) is 2.07. The van der Waals surface area contributed by atoms with Crippen LogP contribution in [0.25, 0.3) is 4.96 Å². The van der Waals surface area contributed by atoms with Crippen LogP contribution < -0.4 is 5.73 Å². The molecular formula is C9H14N4S. The first-order valence-electron chi connectivity index (χ1n) is 4.69. The van der Waals surface area contributed by atoms with Crippen LogP contribution in [0.5, 0.6) is 0 Å². The monoisotopic (exact) mass is 210 g/mol. The molecule has 2 N–H and O–H groups in total. The lowest BCUT2D eigenvalue weighted by molar-refractivity contribution is 0.777. The van der Waals surface area contributed by atoms with Gasteiger partial charge in [0, 0.05) is 12.0 Å². The summed E-state index contributed by atoms with van der Waals surface area (Å²) in [5, 5.41) is 5.55. The van der Waals surface area contributed by atoms with Gasteiger partial charge in [0.1, 0.15) is 5.01 Å². The SMILES string of the molecule is CC(C)c1nn2cc(C(C)N)nc2s1. The Hall–Kier alpha value is -0.940. The Kier molecular flexibility index (Phi) is 2.28. The van der Waals surface area contributed by atoms with Crippen molar-refractivity contribution in [2.24, 2.45) is 5.73 Å². The number of fused-ring (bicyclic) bond motifs is 1. The number of nitrogens with two attached hydrogens (primary N) is 1. The first-order valence-corrected chi connectivity index (χ1v) is 5.51.